The highest BCUT2D eigenvalue weighted by Gasteiger charge is 2.21. The van der Waals surface area contributed by atoms with Crippen LogP contribution in [-0.4, -0.2) is 49.5 Å². The van der Waals surface area contributed by atoms with Crippen molar-refractivity contribution >= 4 is 29.5 Å². The zero-order chi connectivity index (χ0) is 25.4. The Bertz CT molecular complexity index is 1540. The molecule has 1 aliphatic rings. The van der Waals surface area contributed by atoms with Crippen LogP contribution in [0, 0.1) is 6.92 Å². The standard InChI is InChI=1S/C26H29ClN6O3.ClH/c1-16(2)31-6-4-24(34)32(26(31)35)13-18-9-23-25(29-15-30-33(23)14-18)22-10-19(27)8-17(3)21(22)11-20-12-28-5-7-36-20;/h4,6,8-10,14-16,20,28H,5,7,11-13H2,1-3H3;1H/t20-;/m1./s1. The number of hydrogen-bond acceptors (Lipinski definition) is 6. The van der Waals surface area contributed by atoms with Crippen molar-refractivity contribution in [2.45, 2.75) is 45.9 Å². The van der Waals surface area contributed by atoms with Crippen LogP contribution in [0.5, 0.6) is 0 Å². The van der Waals surface area contributed by atoms with Crippen molar-refractivity contribution in [1.82, 2.24) is 29.0 Å². The Hall–Kier alpha value is -2.98. The van der Waals surface area contributed by atoms with Gasteiger partial charge in [0.2, 0.25) is 0 Å². The van der Waals surface area contributed by atoms with Crippen LogP contribution in [0.1, 0.15) is 36.6 Å². The lowest BCUT2D eigenvalue weighted by Gasteiger charge is -2.25. The first-order chi connectivity index (χ1) is 17.3. The van der Waals surface area contributed by atoms with Gasteiger partial charge >= 0.3 is 5.69 Å². The van der Waals surface area contributed by atoms with Gasteiger partial charge in [-0.25, -0.2) is 14.3 Å². The minimum absolute atomic E-state index is 0. The lowest BCUT2D eigenvalue weighted by Crippen LogP contribution is -2.39. The Kier molecular flexibility index (Phi) is 8.18. The Morgan fingerprint density at radius 1 is 1.24 bits per heavy atom. The maximum absolute atomic E-state index is 12.9. The SMILES string of the molecule is Cc1cc(Cl)cc(-c2ncnn3cc(Cn4c(=O)ccn(C(C)C)c4=O)cc23)c1C[C@@H]1CNCCO1.Cl. The van der Waals surface area contributed by atoms with Crippen LogP contribution < -0.4 is 16.6 Å². The van der Waals surface area contributed by atoms with E-state index >= 15 is 0 Å². The van der Waals surface area contributed by atoms with Crippen molar-refractivity contribution in [3.05, 3.63) is 85.5 Å². The molecule has 0 saturated carbocycles. The van der Waals surface area contributed by atoms with E-state index in [-0.39, 0.29) is 42.3 Å². The van der Waals surface area contributed by atoms with Crippen molar-refractivity contribution in [2.75, 3.05) is 19.7 Å². The molecule has 37 heavy (non-hydrogen) atoms. The molecule has 4 aromatic rings. The van der Waals surface area contributed by atoms with Gasteiger partial charge in [0.15, 0.2) is 0 Å². The minimum atomic E-state index is -0.340. The molecule has 0 unspecified atom stereocenters. The first-order valence-electron chi connectivity index (χ1n) is 12.1. The molecular weight excluding hydrogens is 515 g/mol. The third-order valence-corrected chi connectivity index (χ3v) is 6.80. The lowest BCUT2D eigenvalue weighted by molar-refractivity contribution is 0.0292. The predicted molar refractivity (Wildman–Crippen MR) is 146 cm³/mol. The molecule has 4 heterocycles. The minimum Gasteiger partial charge on any atom is -0.375 e. The third kappa shape index (κ3) is 5.50. The summed E-state index contributed by atoms with van der Waals surface area (Å²) in [5.74, 6) is 0. The monoisotopic (exact) mass is 544 g/mol. The predicted octanol–water partition coefficient (Wildman–Crippen LogP) is 3.26. The summed E-state index contributed by atoms with van der Waals surface area (Å²) in [5.41, 5.74) is 4.71. The number of nitrogens with one attached hydrogen (secondary N) is 1. The maximum Gasteiger partial charge on any atom is 0.331 e. The van der Waals surface area contributed by atoms with E-state index in [2.05, 4.69) is 15.4 Å². The van der Waals surface area contributed by atoms with Crippen LogP contribution in [0.3, 0.4) is 0 Å². The number of halogens is 2. The molecule has 1 saturated heterocycles. The highest BCUT2D eigenvalue weighted by Crippen LogP contribution is 2.33. The average molecular weight is 545 g/mol. The van der Waals surface area contributed by atoms with Gasteiger partial charge in [-0.15, -0.1) is 12.4 Å². The van der Waals surface area contributed by atoms with Crippen LogP contribution >= 0.6 is 24.0 Å². The number of ether oxygens (including phenoxy) is 1. The highest BCUT2D eigenvalue weighted by atomic mass is 35.5. The van der Waals surface area contributed by atoms with Crippen molar-refractivity contribution in [1.29, 1.82) is 0 Å². The quantitative estimate of drug-likeness (QED) is 0.400. The van der Waals surface area contributed by atoms with Crippen molar-refractivity contribution in [2.24, 2.45) is 0 Å². The Balaban J connectivity index is 0.00000320. The van der Waals surface area contributed by atoms with E-state index in [1.54, 1.807) is 15.3 Å². The second-order valence-electron chi connectivity index (χ2n) is 9.46. The second kappa shape index (κ2) is 11.2. The third-order valence-electron chi connectivity index (χ3n) is 6.58. The van der Waals surface area contributed by atoms with Gasteiger partial charge in [-0.3, -0.25) is 13.9 Å². The smallest absolute Gasteiger partial charge is 0.331 e. The maximum atomic E-state index is 12.9. The Morgan fingerprint density at radius 3 is 2.78 bits per heavy atom. The molecule has 5 rings (SSSR count). The molecule has 196 valence electrons. The summed E-state index contributed by atoms with van der Waals surface area (Å²) < 4.78 is 10.5. The molecule has 0 radical (unpaired) electrons. The van der Waals surface area contributed by atoms with E-state index < -0.39 is 0 Å². The summed E-state index contributed by atoms with van der Waals surface area (Å²) in [5, 5.41) is 8.39. The molecule has 1 aliphatic heterocycles. The van der Waals surface area contributed by atoms with E-state index in [9.17, 15) is 9.59 Å². The normalized spacial score (nSPS) is 15.8. The van der Waals surface area contributed by atoms with E-state index in [0.717, 1.165) is 53.0 Å². The fourth-order valence-electron chi connectivity index (χ4n) is 4.76. The molecule has 11 heteroatoms. The van der Waals surface area contributed by atoms with Gasteiger partial charge in [-0.1, -0.05) is 11.6 Å². The number of aryl methyl sites for hydroxylation is 1. The molecule has 1 N–H and O–H groups in total. The van der Waals surface area contributed by atoms with E-state index in [0.29, 0.717) is 11.6 Å². The van der Waals surface area contributed by atoms with Gasteiger partial charge in [0.05, 0.1) is 30.5 Å². The molecule has 3 aromatic heterocycles. The number of aromatic nitrogens is 5. The molecule has 0 amide bonds. The Labute approximate surface area is 225 Å². The molecule has 0 aliphatic carbocycles. The first kappa shape index (κ1) is 27.1. The topological polar surface area (TPSA) is 95.5 Å². The van der Waals surface area contributed by atoms with E-state index in [1.807, 2.05) is 45.2 Å². The molecule has 0 bridgehead atoms. The number of benzene rings is 1. The number of hydrogen-bond donors (Lipinski definition) is 1. The largest absolute Gasteiger partial charge is 0.375 e. The molecule has 1 atom stereocenters. The summed E-state index contributed by atoms with van der Waals surface area (Å²) >= 11 is 6.48. The number of nitrogens with zero attached hydrogens (tertiary/aromatic N) is 5. The van der Waals surface area contributed by atoms with Crippen molar-refractivity contribution < 1.29 is 4.74 Å². The summed E-state index contributed by atoms with van der Waals surface area (Å²) in [4.78, 5) is 30.0. The number of rotatable bonds is 6. The van der Waals surface area contributed by atoms with Gasteiger partial charge in [-0.05, 0) is 55.7 Å². The molecular formula is C26H30Cl2N6O3. The van der Waals surface area contributed by atoms with Gasteiger partial charge in [0.25, 0.3) is 5.56 Å². The number of morpholine rings is 1. The highest BCUT2D eigenvalue weighted by molar-refractivity contribution is 6.31. The Morgan fingerprint density at radius 2 is 2.05 bits per heavy atom. The van der Waals surface area contributed by atoms with Gasteiger partial charge in [0.1, 0.15) is 6.33 Å². The van der Waals surface area contributed by atoms with Crippen LogP contribution in [0.15, 0.2) is 52.6 Å². The van der Waals surface area contributed by atoms with Crippen LogP contribution in [-0.2, 0) is 17.7 Å². The summed E-state index contributed by atoms with van der Waals surface area (Å²) in [6.45, 7) is 8.32. The van der Waals surface area contributed by atoms with E-state index in [4.69, 9.17) is 16.3 Å². The molecule has 0 spiro atoms. The van der Waals surface area contributed by atoms with Crippen LogP contribution in [0.2, 0.25) is 5.02 Å². The second-order valence-corrected chi connectivity index (χ2v) is 9.90. The lowest BCUT2D eigenvalue weighted by atomic mass is 9.94. The summed E-state index contributed by atoms with van der Waals surface area (Å²) in [7, 11) is 0. The van der Waals surface area contributed by atoms with Gasteiger partial charge in [0, 0.05) is 54.6 Å². The van der Waals surface area contributed by atoms with Crippen molar-refractivity contribution in [3.63, 3.8) is 0 Å². The first-order valence-corrected chi connectivity index (χ1v) is 12.5. The van der Waals surface area contributed by atoms with Crippen LogP contribution in [0.4, 0.5) is 0 Å². The number of fused-ring (bicyclic) bond motifs is 1. The van der Waals surface area contributed by atoms with Crippen LogP contribution in [0.25, 0.3) is 16.8 Å². The van der Waals surface area contributed by atoms with Crippen molar-refractivity contribution in [3.8, 4) is 11.3 Å². The van der Waals surface area contributed by atoms with E-state index in [1.165, 1.54) is 17.0 Å². The van der Waals surface area contributed by atoms with Gasteiger partial charge in [-0.2, -0.15) is 5.10 Å². The molecule has 1 fully saturated rings. The van der Waals surface area contributed by atoms with Gasteiger partial charge < -0.3 is 10.1 Å². The average Bonchev–Trinajstić information content (AvgIpc) is 3.26. The fraction of sp³-hybridized carbons (Fsp3) is 0.385. The zero-order valence-electron chi connectivity index (χ0n) is 21.0. The summed E-state index contributed by atoms with van der Waals surface area (Å²) in [6, 6.07) is 7.18. The molecule has 9 nitrogen and oxygen atoms in total. The zero-order valence-corrected chi connectivity index (χ0v) is 22.6. The molecule has 1 aromatic carbocycles. The summed E-state index contributed by atoms with van der Waals surface area (Å²) in [6.07, 6.45) is 5.66. The fourth-order valence-corrected chi connectivity index (χ4v) is 5.04.